The Morgan fingerprint density at radius 1 is 1.20 bits per heavy atom. The van der Waals surface area contributed by atoms with Crippen molar-refractivity contribution >= 4 is 11.9 Å². The molecule has 0 radical (unpaired) electrons. The van der Waals surface area contributed by atoms with Crippen LogP contribution < -0.4 is 0 Å². The molecular weight excluding hydrogens is 262 g/mol. The molecule has 2 aliphatic rings. The minimum Gasteiger partial charge on any atom is -0.481 e. The van der Waals surface area contributed by atoms with Crippen LogP contribution in [0, 0.1) is 5.41 Å². The van der Waals surface area contributed by atoms with E-state index in [1.807, 2.05) is 0 Å². The van der Waals surface area contributed by atoms with E-state index in [0.717, 1.165) is 19.3 Å². The van der Waals surface area contributed by atoms with E-state index in [-0.39, 0.29) is 19.1 Å². The maximum absolute atomic E-state index is 12.6. The number of ether oxygens (including phenoxy) is 2. The maximum atomic E-state index is 12.6. The summed E-state index contributed by atoms with van der Waals surface area (Å²) in [5, 5.41) is 9.50. The average Bonchev–Trinajstić information content (AvgIpc) is 2.38. The number of carboxylic acid groups (broad SMARTS) is 1. The Morgan fingerprint density at radius 2 is 1.90 bits per heavy atom. The third-order valence-electron chi connectivity index (χ3n) is 4.68. The van der Waals surface area contributed by atoms with Crippen molar-refractivity contribution in [2.75, 3.05) is 33.9 Å². The molecule has 2 fully saturated rings. The van der Waals surface area contributed by atoms with Crippen LogP contribution in [0.25, 0.3) is 0 Å². The Balaban J connectivity index is 2.13. The molecule has 0 aromatic rings. The molecule has 1 aliphatic carbocycles. The van der Waals surface area contributed by atoms with Gasteiger partial charge in [-0.25, -0.2) is 0 Å². The summed E-state index contributed by atoms with van der Waals surface area (Å²) in [4.78, 5) is 25.9. The molecule has 1 unspecified atom stereocenters. The first-order chi connectivity index (χ1) is 9.49. The summed E-state index contributed by atoms with van der Waals surface area (Å²) in [6.45, 7) is 0.939. The molecular formula is C14H23NO5. The van der Waals surface area contributed by atoms with Crippen LogP contribution >= 0.6 is 0 Å². The van der Waals surface area contributed by atoms with Crippen LogP contribution in [0.3, 0.4) is 0 Å². The first-order valence-electron chi connectivity index (χ1n) is 7.06. The van der Waals surface area contributed by atoms with Gasteiger partial charge < -0.3 is 19.5 Å². The second-order valence-electron chi connectivity index (χ2n) is 5.90. The lowest BCUT2D eigenvalue weighted by molar-refractivity contribution is -0.174. The third-order valence-corrected chi connectivity index (χ3v) is 4.68. The van der Waals surface area contributed by atoms with Gasteiger partial charge in [-0.05, 0) is 32.1 Å². The highest BCUT2D eigenvalue weighted by Gasteiger charge is 2.51. The number of aliphatic carboxylic acids is 1. The summed E-state index contributed by atoms with van der Waals surface area (Å²) < 4.78 is 10.5. The smallest absolute Gasteiger partial charge is 0.313 e. The van der Waals surface area contributed by atoms with E-state index < -0.39 is 17.0 Å². The van der Waals surface area contributed by atoms with Gasteiger partial charge in [-0.15, -0.1) is 0 Å². The minimum absolute atomic E-state index is 0.0623. The van der Waals surface area contributed by atoms with Crippen molar-refractivity contribution in [1.82, 2.24) is 4.90 Å². The van der Waals surface area contributed by atoms with Crippen molar-refractivity contribution in [3.8, 4) is 0 Å². The Labute approximate surface area is 119 Å². The molecule has 1 saturated heterocycles. The van der Waals surface area contributed by atoms with Crippen molar-refractivity contribution in [2.45, 2.75) is 37.7 Å². The third kappa shape index (κ3) is 2.42. The van der Waals surface area contributed by atoms with E-state index in [4.69, 9.17) is 9.47 Å². The fourth-order valence-electron chi connectivity index (χ4n) is 3.23. The number of methoxy groups -OCH3 is 2. The zero-order valence-corrected chi connectivity index (χ0v) is 12.2. The lowest BCUT2D eigenvalue weighted by Crippen LogP contribution is -2.60. The van der Waals surface area contributed by atoms with Gasteiger partial charge in [-0.1, -0.05) is 0 Å². The Hall–Kier alpha value is -1.14. The van der Waals surface area contributed by atoms with Crippen molar-refractivity contribution in [3.63, 3.8) is 0 Å². The number of carbonyl (C=O) groups excluding carboxylic acids is 1. The Kier molecular flexibility index (Phi) is 4.34. The highest BCUT2D eigenvalue weighted by Crippen LogP contribution is 2.39. The molecule has 1 saturated carbocycles. The van der Waals surface area contributed by atoms with Crippen molar-refractivity contribution < 1.29 is 24.2 Å². The molecule has 0 bridgehead atoms. The Bertz CT molecular complexity index is 384. The normalized spacial score (nSPS) is 28.8. The van der Waals surface area contributed by atoms with Gasteiger partial charge in [0, 0.05) is 27.3 Å². The van der Waals surface area contributed by atoms with Gasteiger partial charge in [-0.2, -0.15) is 0 Å². The van der Waals surface area contributed by atoms with Crippen LogP contribution in [0.4, 0.5) is 0 Å². The van der Waals surface area contributed by atoms with Crippen molar-refractivity contribution in [2.24, 2.45) is 5.41 Å². The number of amides is 1. The number of carbonyl (C=O) groups is 2. The molecule has 1 aliphatic heterocycles. The van der Waals surface area contributed by atoms with Gasteiger partial charge in [0.05, 0.1) is 6.61 Å². The molecule has 2 rings (SSSR count). The van der Waals surface area contributed by atoms with Gasteiger partial charge in [0.2, 0.25) is 0 Å². The van der Waals surface area contributed by atoms with Crippen LogP contribution in [-0.2, 0) is 19.1 Å². The van der Waals surface area contributed by atoms with E-state index in [2.05, 4.69) is 0 Å². The van der Waals surface area contributed by atoms with E-state index in [0.29, 0.717) is 19.4 Å². The quantitative estimate of drug-likeness (QED) is 0.812. The number of rotatable bonds is 5. The highest BCUT2D eigenvalue weighted by molar-refractivity contribution is 5.87. The zero-order valence-electron chi connectivity index (χ0n) is 12.2. The van der Waals surface area contributed by atoms with E-state index in [1.54, 1.807) is 12.0 Å². The topological polar surface area (TPSA) is 76.1 Å². The molecule has 1 atom stereocenters. The fraction of sp³-hybridized carbons (Fsp3) is 0.857. The molecule has 1 heterocycles. The van der Waals surface area contributed by atoms with Crippen LogP contribution in [0.15, 0.2) is 0 Å². The van der Waals surface area contributed by atoms with E-state index in [9.17, 15) is 14.7 Å². The first kappa shape index (κ1) is 15.3. The van der Waals surface area contributed by atoms with E-state index in [1.165, 1.54) is 7.11 Å². The number of likely N-dealkylation sites (tertiary alicyclic amines) is 1. The van der Waals surface area contributed by atoms with Crippen molar-refractivity contribution in [1.29, 1.82) is 0 Å². The van der Waals surface area contributed by atoms with Gasteiger partial charge in [-0.3, -0.25) is 9.59 Å². The maximum Gasteiger partial charge on any atom is 0.313 e. The van der Waals surface area contributed by atoms with Crippen LogP contribution in [0.2, 0.25) is 0 Å². The zero-order chi connectivity index (χ0) is 14.8. The molecule has 6 heteroatoms. The van der Waals surface area contributed by atoms with Gasteiger partial charge >= 0.3 is 5.97 Å². The summed E-state index contributed by atoms with van der Waals surface area (Å²) >= 11 is 0. The minimum atomic E-state index is -0.985. The van der Waals surface area contributed by atoms with Crippen LogP contribution in [0.5, 0.6) is 0 Å². The predicted molar refractivity (Wildman–Crippen MR) is 71.3 cm³/mol. The molecule has 0 aromatic carbocycles. The Morgan fingerprint density at radius 3 is 2.35 bits per heavy atom. The average molecular weight is 285 g/mol. The summed E-state index contributed by atoms with van der Waals surface area (Å²) in [6, 6.07) is 0. The predicted octanol–water partition coefficient (Wildman–Crippen LogP) is 0.895. The molecule has 6 nitrogen and oxygen atoms in total. The number of carboxylic acids is 1. The molecule has 20 heavy (non-hydrogen) atoms. The molecule has 0 spiro atoms. The largest absolute Gasteiger partial charge is 0.481 e. The number of piperidine rings is 1. The van der Waals surface area contributed by atoms with Crippen molar-refractivity contribution in [3.05, 3.63) is 0 Å². The van der Waals surface area contributed by atoms with Gasteiger partial charge in [0.15, 0.2) is 0 Å². The standard InChI is InChI=1S/C14H23NO5/c1-19-10-13(12(17)18)5-4-8-15(9-13)11(16)14(20-2)6-3-7-14/h3-10H2,1-2H3,(H,17,18). The number of nitrogens with zero attached hydrogens (tertiary/aromatic N) is 1. The monoisotopic (exact) mass is 285 g/mol. The summed E-state index contributed by atoms with van der Waals surface area (Å²) in [5.41, 5.74) is -1.70. The fourth-order valence-corrected chi connectivity index (χ4v) is 3.23. The first-order valence-corrected chi connectivity index (χ1v) is 7.06. The molecule has 0 aromatic heterocycles. The van der Waals surface area contributed by atoms with Gasteiger partial charge in [0.1, 0.15) is 11.0 Å². The van der Waals surface area contributed by atoms with Gasteiger partial charge in [0.25, 0.3) is 5.91 Å². The summed E-state index contributed by atoms with van der Waals surface area (Å²) in [6.07, 6.45) is 3.66. The second kappa shape index (κ2) is 5.69. The summed E-state index contributed by atoms with van der Waals surface area (Å²) in [5.74, 6) is -0.954. The highest BCUT2D eigenvalue weighted by atomic mass is 16.5. The molecule has 1 amide bonds. The second-order valence-corrected chi connectivity index (χ2v) is 5.90. The summed E-state index contributed by atoms with van der Waals surface area (Å²) in [7, 11) is 3.05. The van der Waals surface area contributed by atoms with Crippen LogP contribution in [-0.4, -0.2) is 61.4 Å². The number of hydrogen-bond donors (Lipinski definition) is 1. The SMILES string of the molecule is COCC1(C(=O)O)CCCN(C(=O)C2(OC)CCC2)C1. The van der Waals surface area contributed by atoms with E-state index >= 15 is 0 Å². The molecule has 1 N–H and O–H groups in total. The number of hydrogen-bond acceptors (Lipinski definition) is 4. The van der Waals surface area contributed by atoms with Crippen LogP contribution in [0.1, 0.15) is 32.1 Å². The lowest BCUT2D eigenvalue weighted by atomic mass is 9.76. The molecule has 114 valence electrons. The lowest BCUT2D eigenvalue weighted by Gasteiger charge is -2.46.